The summed E-state index contributed by atoms with van der Waals surface area (Å²) in [5, 5.41) is 13.5. The van der Waals surface area contributed by atoms with Gasteiger partial charge in [-0.3, -0.25) is 9.69 Å². The van der Waals surface area contributed by atoms with Crippen molar-refractivity contribution in [2.75, 3.05) is 56.1 Å². The molecule has 0 unspecified atom stereocenters. The molecule has 1 N–H and O–H groups in total. The maximum Gasteiger partial charge on any atom is 0.219 e. The zero-order valence-corrected chi connectivity index (χ0v) is 23.9. The maximum absolute atomic E-state index is 11.5. The molecule has 2 aliphatic rings. The van der Waals surface area contributed by atoms with Crippen LogP contribution in [0.4, 0.5) is 17.2 Å². The predicted molar refractivity (Wildman–Crippen MR) is 156 cm³/mol. The third-order valence-corrected chi connectivity index (χ3v) is 7.94. The second-order valence-electron chi connectivity index (χ2n) is 9.91. The number of halogens is 2. The van der Waals surface area contributed by atoms with Gasteiger partial charge in [0.25, 0.3) is 0 Å². The lowest BCUT2D eigenvalue weighted by molar-refractivity contribution is -0.130. The van der Waals surface area contributed by atoms with E-state index in [0.717, 1.165) is 80.6 Å². The fraction of sp³-hybridized carbons (Fsp3) is 0.379. The number of anilines is 3. The van der Waals surface area contributed by atoms with Gasteiger partial charge in [-0.2, -0.15) is 5.26 Å². The number of hydrogen-bond acceptors (Lipinski definition) is 8. The van der Waals surface area contributed by atoms with Crippen molar-refractivity contribution in [3.05, 3.63) is 69.6 Å². The number of carbonyl (C=O) groups excluding carboxylic acids is 1. The average Bonchev–Trinajstić information content (AvgIpc) is 2.96. The highest BCUT2D eigenvalue weighted by atomic mass is 35.5. The van der Waals surface area contributed by atoms with Crippen molar-refractivity contribution in [1.82, 2.24) is 19.8 Å². The van der Waals surface area contributed by atoms with Gasteiger partial charge < -0.3 is 19.9 Å². The van der Waals surface area contributed by atoms with Crippen molar-refractivity contribution in [2.45, 2.75) is 26.3 Å². The quantitative estimate of drug-likeness (QED) is 0.376. The summed E-state index contributed by atoms with van der Waals surface area (Å²) >= 11 is 12.8. The van der Waals surface area contributed by atoms with Crippen LogP contribution in [-0.2, 0) is 17.8 Å². The lowest BCUT2D eigenvalue weighted by atomic mass is 10.0. The molecule has 0 spiro atoms. The molecule has 1 aromatic heterocycles. The Morgan fingerprint density at radius 2 is 1.90 bits per heavy atom. The summed E-state index contributed by atoms with van der Waals surface area (Å²) in [5.74, 6) is 1.56. The van der Waals surface area contributed by atoms with Crippen LogP contribution >= 0.6 is 23.2 Å². The van der Waals surface area contributed by atoms with E-state index in [2.05, 4.69) is 31.2 Å². The number of nitrogens with one attached hydrogen (secondary N) is 1. The Balaban J connectivity index is 1.15. The molecular formula is C29H31Cl2N7O2. The van der Waals surface area contributed by atoms with Crippen molar-refractivity contribution in [1.29, 1.82) is 5.26 Å². The summed E-state index contributed by atoms with van der Waals surface area (Å²) in [7, 11) is 0. The molecule has 1 saturated heterocycles. The molecular weight excluding hydrogens is 549 g/mol. The van der Waals surface area contributed by atoms with Gasteiger partial charge in [0, 0.05) is 63.1 Å². The van der Waals surface area contributed by atoms with E-state index in [-0.39, 0.29) is 5.91 Å². The second-order valence-corrected chi connectivity index (χ2v) is 10.7. The smallest absolute Gasteiger partial charge is 0.219 e. The van der Waals surface area contributed by atoms with Gasteiger partial charge in [0.1, 0.15) is 24.0 Å². The minimum atomic E-state index is 0.146. The lowest BCUT2D eigenvalue weighted by Gasteiger charge is -2.34. The summed E-state index contributed by atoms with van der Waals surface area (Å²) in [5.41, 5.74) is 4.26. The molecule has 11 heteroatoms. The van der Waals surface area contributed by atoms with Crippen molar-refractivity contribution in [3.63, 3.8) is 0 Å². The number of amides is 1. The molecule has 0 bridgehead atoms. The first-order valence-corrected chi connectivity index (χ1v) is 14.1. The molecule has 0 atom stereocenters. The molecule has 3 aromatic rings. The molecule has 5 rings (SSSR count). The van der Waals surface area contributed by atoms with Gasteiger partial charge in [-0.15, -0.1) is 0 Å². The molecule has 9 nitrogen and oxygen atoms in total. The topological polar surface area (TPSA) is 97.6 Å². The Labute approximate surface area is 244 Å². The Kier molecular flexibility index (Phi) is 8.90. The summed E-state index contributed by atoms with van der Waals surface area (Å²) in [6.07, 6.45) is 3.21. The highest BCUT2D eigenvalue weighted by molar-refractivity contribution is 6.32. The summed E-state index contributed by atoms with van der Waals surface area (Å²) in [6, 6.07) is 13.2. The molecule has 2 aliphatic heterocycles. The molecule has 2 aromatic carbocycles. The van der Waals surface area contributed by atoms with Crippen molar-refractivity contribution in [2.24, 2.45) is 0 Å². The van der Waals surface area contributed by atoms with Crippen LogP contribution in [0.1, 0.15) is 30.2 Å². The number of aromatic nitrogens is 2. The number of benzene rings is 2. The molecule has 0 saturated carbocycles. The van der Waals surface area contributed by atoms with Crippen LogP contribution < -0.4 is 15.0 Å². The van der Waals surface area contributed by atoms with Gasteiger partial charge in [0.2, 0.25) is 5.91 Å². The molecule has 40 heavy (non-hydrogen) atoms. The number of hydrogen-bond donors (Lipinski definition) is 1. The summed E-state index contributed by atoms with van der Waals surface area (Å²) in [4.78, 5) is 27.0. The van der Waals surface area contributed by atoms with Gasteiger partial charge in [-0.05, 0) is 49.2 Å². The van der Waals surface area contributed by atoms with E-state index in [0.29, 0.717) is 34.5 Å². The average molecular weight is 581 g/mol. The van der Waals surface area contributed by atoms with Gasteiger partial charge in [0.15, 0.2) is 0 Å². The minimum absolute atomic E-state index is 0.146. The predicted octanol–water partition coefficient (Wildman–Crippen LogP) is 4.89. The number of piperazine rings is 1. The minimum Gasteiger partial charge on any atom is -0.492 e. The standard InChI is InChI=1S/C29H31Cl2N7O2/c1-20(39)37-12-10-36(11-13-37)8-2-14-40-28-6-4-22(15-26(28)31)35-29-24-7-9-38(18-27(24)33-19-34-29)23-5-3-21(17-32)25(30)16-23/h3-6,15-16,19H,2,7-14,18H2,1H3,(H,33,34,35). The van der Waals surface area contributed by atoms with Gasteiger partial charge in [-0.25, -0.2) is 9.97 Å². The Bertz CT molecular complexity index is 1420. The van der Waals surface area contributed by atoms with Crippen LogP contribution in [-0.4, -0.2) is 71.6 Å². The normalized spacial score (nSPS) is 15.3. The summed E-state index contributed by atoms with van der Waals surface area (Å²) < 4.78 is 5.95. The third kappa shape index (κ3) is 6.58. The first kappa shape index (κ1) is 28.0. The van der Waals surface area contributed by atoms with E-state index in [4.69, 9.17) is 33.2 Å². The zero-order valence-electron chi connectivity index (χ0n) is 22.4. The Morgan fingerprint density at radius 1 is 1.07 bits per heavy atom. The van der Waals surface area contributed by atoms with Gasteiger partial charge in [-0.1, -0.05) is 23.2 Å². The van der Waals surface area contributed by atoms with Crippen LogP contribution in [0.5, 0.6) is 5.75 Å². The van der Waals surface area contributed by atoms with Gasteiger partial charge in [0.05, 0.1) is 34.5 Å². The second kappa shape index (κ2) is 12.7. The number of nitrogens with zero attached hydrogens (tertiary/aromatic N) is 6. The van der Waals surface area contributed by atoms with Crippen LogP contribution in [0, 0.1) is 11.3 Å². The van der Waals surface area contributed by atoms with Crippen LogP contribution in [0.15, 0.2) is 42.7 Å². The number of fused-ring (bicyclic) bond motifs is 1. The van der Waals surface area contributed by atoms with Crippen LogP contribution in [0.3, 0.4) is 0 Å². The first-order chi connectivity index (χ1) is 19.4. The van der Waals surface area contributed by atoms with E-state index >= 15 is 0 Å². The lowest BCUT2D eigenvalue weighted by Crippen LogP contribution is -2.48. The zero-order chi connectivity index (χ0) is 28.1. The SMILES string of the molecule is CC(=O)N1CCN(CCCOc2ccc(Nc3ncnc4c3CCN(c3ccc(C#N)c(Cl)c3)C4)cc2Cl)CC1. The van der Waals surface area contributed by atoms with Crippen molar-refractivity contribution in [3.8, 4) is 11.8 Å². The fourth-order valence-corrected chi connectivity index (χ4v) is 5.52. The first-order valence-electron chi connectivity index (χ1n) is 13.4. The molecule has 208 valence electrons. The van der Waals surface area contributed by atoms with Crippen LogP contribution in [0.25, 0.3) is 0 Å². The highest BCUT2D eigenvalue weighted by Gasteiger charge is 2.22. The fourth-order valence-electron chi connectivity index (χ4n) is 5.06. The Morgan fingerprint density at radius 3 is 2.62 bits per heavy atom. The van der Waals surface area contributed by atoms with E-state index in [1.807, 2.05) is 35.2 Å². The van der Waals surface area contributed by atoms with E-state index in [9.17, 15) is 4.79 Å². The molecule has 3 heterocycles. The molecule has 0 aliphatic carbocycles. The highest BCUT2D eigenvalue weighted by Crippen LogP contribution is 2.32. The number of rotatable bonds is 8. The number of ether oxygens (including phenoxy) is 1. The largest absolute Gasteiger partial charge is 0.492 e. The molecule has 1 amide bonds. The Hall–Kier alpha value is -3.58. The maximum atomic E-state index is 11.5. The van der Waals surface area contributed by atoms with Crippen molar-refractivity contribution >= 4 is 46.3 Å². The van der Waals surface area contributed by atoms with E-state index in [1.165, 1.54) is 0 Å². The number of carbonyl (C=O) groups is 1. The monoisotopic (exact) mass is 579 g/mol. The van der Waals surface area contributed by atoms with Gasteiger partial charge >= 0.3 is 0 Å². The third-order valence-electron chi connectivity index (χ3n) is 7.33. The van der Waals surface area contributed by atoms with Crippen molar-refractivity contribution < 1.29 is 9.53 Å². The van der Waals surface area contributed by atoms with E-state index < -0.39 is 0 Å². The summed E-state index contributed by atoms with van der Waals surface area (Å²) in [6.45, 7) is 7.89. The number of nitriles is 1. The van der Waals surface area contributed by atoms with E-state index in [1.54, 1.807) is 19.3 Å². The molecule has 1 fully saturated rings. The van der Waals surface area contributed by atoms with Crippen LogP contribution in [0.2, 0.25) is 10.0 Å². The molecule has 0 radical (unpaired) electrons.